The Balaban J connectivity index is 1.63. The Morgan fingerprint density at radius 1 is 1.04 bits per heavy atom. The van der Waals surface area contributed by atoms with Crippen molar-refractivity contribution in [1.29, 1.82) is 0 Å². The number of aromatic nitrogens is 3. The molecule has 1 aliphatic heterocycles. The maximum Gasteiger partial charge on any atom is 0.276 e. The molecule has 5 rings (SSSR count). The molecule has 2 aromatic carbocycles. The predicted octanol–water partition coefficient (Wildman–Crippen LogP) is 2.89. The van der Waals surface area contributed by atoms with E-state index in [4.69, 9.17) is 5.73 Å². The molecule has 7 nitrogen and oxygen atoms in total. The zero-order chi connectivity index (χ0) is 19.3. The van der Waals surface area contributed by atoms with E-state index < -0.39 is 0 Å². The quantitative estimate of drug-likeness (QED) is 0.502. The molecule has 0 saturated carbocycles. The molecule has 0 radical (unpaired) electrons. The Kier molecular flexibility index (Phi) is 3.68. The maximum absolute atomic E-state index is 12.7. The lowest BCUT2D eigenvalue weighted by Gasteiger charge is -2.15. The third-order valence-electron chi connectivity index (χ3n) is 5.32. The predicted molar refractivity (Wildman–Crippen MR) is 109 cm³/mol. The molecule has 1 amide bonds. The number of nitrogens with zero attached hydrogens (tertiary/aromatic N) is 2. The minimum absolute atomic E-state index is 0.0239. The summed E-state index contributed by atoms with van der Waals surface area (Å²) in [4.78, 5) is 37.6. The number of H-pyrrole nitrogens is 2. The van der Waals surface area contributed by atoms with Crippen molar-refractivity contribution >= 4 is 33.5 Å². The third kappa shape index (κ3) is 2.55. The number of carbonyl (C=O) groups is 1. The summed E-state index contributed by atoms with van der Waals surface area (Å²) in [6.07, 6.45) is 2.09. The summed E-state index contributed by atoms with van der Waals surface area (Å²) >= 11 is 0. The topological polar surface area (TPSA) is 108 Å². The number of likely N-dealkylation sites (tertiary alicyclic amines) is 1. The van der Waals surface area contributed by atoms with E-state index in [0.717, 1.165) is 31.3 Å². The summed E-state index contributed by atoms with van der Waals surface area (Å²) in [6, 6.07) is 12.8. The van der Waals surface area contributed by atoms with E-state index >= 15 is 0 Å². The highest BCUT2D eigenvalue weighted by atomic mass is 16.2. The molecule has 1 saturated heterocycles. The normalized spacial score (nSPS) is 14.2. The number of hydrogen-bond donors (Lipinski definition) is 3. The lowest BCUT2D eigenvalue weighted by molar-refractivity contribution is 0.0793. The average molecular weight is 373 g/mol. The van der Waals surface area contributed by atoms with Crippen LogP contribution in [0.15, 0.2) is 47.3 Å². The van der Waals surface area contributed by atoms with Crippen LogP contribution in [0.2, 0.25) is 0 Å². The standard InChI is InChI=1S/C21H19N5O2/c22-17-13-8-7-12(21(28)26-9-3-4-10-26)11-16(13)24-18(17)19-20(27)25-15-6-2-1-5-14(15)23-19/h1-2,5-8,11,24H,3-4,9-10,22H2,(H,25,27). The number of nitrogens with one attached hydrogen (secondary N) is 2. The Morgan fingerprint density at radius 2 is 1.82 bits per heavy atom. The van der Waals surface area contributed by atoms with Crippen molar-refractivity contribution in [2.75, 3.05) is 18.8 Å². The maximum atomic E-state index is 12.7. The van der Waals surface area contributed by atoms with Crippen molar-refractivity contribution in [3.05, 3.63) is 58.4 Å². The van der Waals surface area contributed by atoms with Gasteiger partial charge in [-0.15, -0.1) is 0 Å². The molecular formula is C21H19N5O2. The van der Waals surface area contributed by atoms with E-state index in [2.05, 4.69) is 15.0 Å². The van der Waals surface area contributed by atoms with E-state index in [1.54, 1.807) is 18.2 Å². The van der Waals surface area contributed by atoms with Crippen LogP contribution >= 0.6 is 0 Å². The van der Waals surface area contributed by atoms with Crippen LogP contribution in [0.1, 0.15) is 23.2 Å². The molecule has 28 heavy (non-hydrogen) atoms. The Morgan fingerprint density at radius 3 is 2.64 bits per heavy atom. The van der Waals surface area contributed by atoms with Crippen molar-refractivity contribution in [2.24, 2.45) is 0 Å². The molecule has 2 aromatic heterocycles. The van der Waals surface area contributed by atoms with Crippen molar-refractivity contribution in [2.45, 2.75) is 12.8 Å². The van der Waals surface area contributed by atoms with E-state index in [9.17, 15) is 9.59 Å². The van der Waals surface area contributed by atoms with Gasteiger partial charge in [-0.05, 0) is 43.2 Å². The number of amides is 1. The monoisotopic (exact) mass is 373 g/mol. The molecule has 1 fully saturated rings. The average Bonchev–Trinajstić information content (AvgIpc) is 3.35. The van der Waals surface area contributed by atoms with E-state index in [0.29, 0.717) is 33.5 Å². The molecule has 0 atom stereocenters. The number of rotatable bonds is 2. The minimum atomic E-state index is -0.315. The first-order chi connectivity index (χ1) is 13.6. The molecular weight excluding hydrogens is 354 g/mol. The highest BCUT2D eigenvalue weighted by molar-refractivity contribution is 6.04. The minimum Gasteiger partial charge on any atom is -0.396 e. The summed E-state index contributed by atoms with van der Waals surface area (Å²) in [6.45, 7) is 1.59. The number of hydrogen-bond acceptors (Lipinski definition) is 4. The van der Waals surface area contributed by atoms with Gasteiger partial charge in [0.05, 0.1) is 22.4 Å². The van der Waals surface area contributed by atoms with Crippen LogP contribution in [0.3, 0.4) is 0 Å². The van der Waals surface area contributed by atoms with Gasteiger partial charge in [-0.25, -0.2) is 4.98 Å². The van der Waals surface area contributed by atoms with Crippen LogP contribution in [0.4, 0.5) is 5.69 Å². The van der Waals surface area contributed by atoms with Gasteiger partial charge in [0.1, 0.15) is 0 Å². The van der Waals surface area contributed by atoms with E-state index in [1.165, 1.54) is 0 Å². The number of nitrogen functional groups attached to an aromatic ring is 1. The largest absolute Gasteiger partial charge is 0.396 e. The molecule has 4 N–H and O–H groups in total. The first-order valence-corrected chi connectivity index (χ1v) is 9.32. The first kappa shape index (κ1) is 16.6. The summed E-state index contributed by atoms with van der Waals surface area (Å²) in [5.74, 6) is 0.0239. The van der Waals surface area contributed by atoms with Crippen molar-refractivity contribution < 1.29 is 4.79 Å². The first-order valence-electron chi connectivity index (χ1n) is 9.32. The van der Waals surface area contributed by atoms with Crippen molar-refractivity contribution in [1.82, 2.24) is 19.9 Å². The van der Waals surface area contributed by atoms with E-state index in [-0.39, 0.29) is 17.2 Å². The number of para-hydroxylation sites is 2. The van der Waals surface area contributed by atoms with Gasteiger partial charge < -0.3 is 20.6 Å². The molecule has 4 aromatic rings. The number of benzene rings is 2. The van der Waals surface area contributed by atoms with Crippen molar-refractivity contribution in [3.63, 3.8) is 0 Å². The molecule has 0 bridgehead atoms. The summed E-state index contributed by atoms with van der Waals surface area (Å²) < 4.78 is 0. The van der Waals surface area contributed by atoms with Gasteiger partial charge >= 0.3 is 0 Å². The van der Waals surface area contributed by atoms with Gasteiger partial charge in [-0.1, -0.05) is 12.1 Å². The fraction of sp³-hybridized carbons (Fsp3) is 0.190. The third-order valence-corrected chi connectivity index (χ3v) is 5.32. The number of anilines is 1. The van der Waals surface area contributed by atoms with Gasteiger partial charge in [-0.2, -0.15) is 0 Å². The fourth-order valence-corrected chi connectivity index (χ4v) is 3.84. The second kappa shape index (κ2) is 6.23. The van der Waals surface area contributed by atoms with Crippen LogP contribution in [-0.4, -0.2) is 38.8 Å². The lowest BCUT2D eigenvalue weighted by atomic mass is 10.1. The zero-order valence-electron chi connectivity index (χ0n) is 15.2. The van der Waals surface area contributed by atoms with Crippen molar-refractivity contribution in [3.8, 4) is 11.4 Å². The Hall–Kier alpha value is -3.61. The lowest BCUT2D eigenvalue weighted by Crippen LogP contribution is -2.27. The molecule has 7 heteroatoms. The number of fused-ring (bicyclic) bond motifs is 2. The number of aromatic amines is 2. The number of nitrogens with two attached hydrogens (primary N) is 1. The summed E-state index contributed by atoms with van der Waals surface area (Å²) in [7, 11) is 0. The van der Waals surface area contributed by atoms with Gasteiger partial charge in [0.2, 0.25) is 0 Å². The molecule has 3 heterocycles. The van der Waals surface area contributed by atoms with Crippen LogP contribution in [0, 0.1) is 0 Å². The van der Waals surface area contributed by atoms with Crippen LogP contribution < -0.4 is 11.3 Å². The molecule has 1 aliphatic rings. The SMILES string of the molecule is Nc1c(-c2nc3ccccc3[nH]c2=O)[nH]c2cc(C(=O)N3CCCC3)ccc12. The smallest absolute Gasteiger partial charge is 0.276 e. The van der Waals surface area contributed by atoms with Crippen LogP contribution in [-0.2, 0) is 0 Å². The Bertz CT molecular complexity index is 1280. The molecule has 0 aliphatic carbocycles. The fourth-order valence-electron chi connectivity index (χ4n) is 3.84. The second-order valence-corrected chi connectivity index (χ2v) is 7.11. The second-order valence-electron chi connectivity index (χ2n) is 7.11. The summed E-state index contributed by atoms with van der Waals surface area (Å²) in [5, 5.41) is 0.766. The summed E-state index contributed by atoms with van der Waals surface area (Å²) in [5.41, 5.74) is 9.83. The van der Waals surface area contributed by atoms with E-state index in [1.807, 2.05) is 29.2 Å². The molecule has 140 valence electrons. The van der Waals surface area contributed by atoms with Gasteiger partial charge in [0.15, 0.2) is 5.69 Å². The van der Waals surface area contributed by atoms with Gasteiger partial charge in [-0.3, -0.25) is 9.59 Å². The highest BCUT2D eigenvalue weighted by Crippen LogP contribution is 2.31. The Labute approximate surface area is 160 Å². The molecule has 0 unspecified atom stereocenters. The van der Waals surface area contributed by atoms with Gasteiger partial charge in [0.25, 0.3) is 11.5 Å². The van der Waals surface area contributed by atoms with Crippen LogP contribution in [0.5, 0.6) is 0 Å². The zero-order valence-corrected chi connectivity index (χ0v) is 15.2. The molecule has 0 spiro atoms. The highest BCUT2D eigenvalue weighted by Gasteiger charge is 2.21. The van der Waals surface area contributed by atoms with Gasteiger partial charge in [0, 0.05) is 29.6 Å². The van der Waals surface area contributed by atoms with Crippen LogP contribution in [0.25, 0.3) is 33.3 Å². The number of carbonyl (C=O) groups excluding carboxylic acids is 1.